The predicted octanol–water partition coefficient (Wildman–Crippen LogP) is 2.60. The fourth-order valence-corrected chi connectivity index (χ4v) is 3.98. The normalized spacial score (nSPS) is 13.4. The first-order valence-electron chi connectivity index (χ1n) is 7.83. The standard InChI is InChI=1S/C18H18N2O4S/c1-12(21)14-4-3-5-17(11-14)25(23,24)19-16-6-7-18-15(10-16)8-9-20(18)13(2)22/h3-7,10-11,19H,8-9H2,1-2H3. The maximum atomic E-state index is 12.6. The summed E-state index contributed by atoms with van der Waals surface area (Å²) in [6.45, 7) is 3.50. The van der Waals surface area contributed by atoms with Crippen LogP contribution in [0, 0.1) is 0 Å². The molecule has 0 radical (unpaired) electrons. The minimum absolute atomic E-state index is 0.0334. The SMILES string of the molecule is CC(=O)c1cccc(S(=O)(=O)Nc2ccc3c(c2)CCN3C(C)=O)c1. The van der Waals surface area contributed by atoms with Gasteiger partial charge in [-0.3, -0.25) is 14.3 Å². The van der Waals surface area contributed by atoms with E-state index in [1.807, 2.05) is 0 Å². The van der Waals surface area contributed by atoms with Crippen LogP contribution in [-0.4, -0.2) is 26.7 Å². The van der Waals surface area contributed by atoms with E-state index in [-0.39, 0.29) is 16.6 Å². The van der Waals surface area contributed by atoms with E-state index in [0.717, 1.165) is 11.3 Å². The lowest BCUT2D eigenvalue weighted by Crippen LogP contribution is -2.25. The Morgan fingerprint density at radius 1 is 1.08 bits per heavy atom. The molecule has 0 fully saturated rings. The van der Waals surface area contributed by atoms with Crippen molar-refractivity contribution in [2.24, 2.45) is 0 Å². The molecule has 1 amide bonds. The second-order valence-corrected chi connectivity index (χ2v) is 7.64. The molecular formula is C18H18N2O4S. The van der Waals surface area contributed by atoms with Gasteiger partial charge in [0.15, 0.2) is 5.78 Å². The number of anilines is 2. The third-order valence-electron chi connectivity index (χ3n) is 4.16. The zero-order valence-corrected chi connectivity index (χ0v) is 14.8. The summed E-state index contributed by atoms with van der Waals surface area (Å²) < 4.78 is 27.7. The Morgan fingerprint density at radius 2 is 1.84 bits per heavy atom. The van der Waals surface area contributed by atoms with Crippen LogP contribution in [0.25, 0.3) is 0 Å². The first-order chi connectivity index (χ1) is 11.8. The molecule has 0 spiro atoms. The van der Waals surface area contributed by atoms with Gasteiger partial charge in [-0.15, -0.1) is 0 Å². The van der Waals surface area contributed by atoms with Crippen molar-refractivity contribution in [3.63, 3.8) is 0 Å². The monoisotopic (exact) mass is 358 g/mol. The lowest BCUT2D eigenvalue weighted by molar-refractivity contribution is -0.116. The maximum absolute atomic E-state index is 12.6. The van der Waals surface area contributed by atoms with Crippen LogP contribution < -0.4 is 9.62 Å². The molecule has 7 heteroatoms. The molecule has 2 aromatic carbocycles. The van der Waals surface area contributed by atoms with E-state index < -0.39 is 10.0 Å². The molecule has 25 heavy (non-hydrogen) atoms. The summed E-state index contributed by atoms with van der Waals surface area (Å²) in [4.78, 5) is 24.7. The number of ketones is 1. The van der Waals surface area contributed by atoms with Crippen molar-refractivity contribution in [1.82, 2.24) is 0 Å². The first kappa shape index (κ1) is 17.2. The highest BCUT2D eigenvalue weighted by Crippen LogP contribution is 2.31. The van der Waals surface area contributed by atoms with Crippen molar-refractivity contribution in [2.45, 2.75) is 25.2 Å². The van der Waals surface area contributed by atoms with Crippen molar-refractivity contribution < 1.29 is 18.0 Å². The number of amides is 1. The van der Waals surface area contributed by atoms with Crippen LogP contribution in [-0.2, 0) is 21.2 Å². The van der Waals surface area contributed by atoms with Gasteiger partial charge in [-0.1, -0.05) is 12.1 Å². The maximum Gasteiger partial charge on any atom is 0.261 e. The number of sulfonamides is 1. The molecule has 0 atom stereocenters. The Kier molecular flexibility index (Phi) is 4.34. The summed E-state index contributed by atoms with van der Waals surface area (Å²) in [5.41, 5.74) is 2.51. The van der Waals surface area contributed by atoms with Crippen molar-refractivity contribution in [3.8, 4) is 0 Å². The number of benzene rings is 2. The molecule has 1 heterocycles. The third-order valence-corrected chi connectivity index (χ3v) is 5.54. The molecular weight excluding hydrogens is 340 g/mol. The summed E-state index contributed by atoms with van der Waals surface area (Å²) in [5.74, 6) is -0.230. The van der Waals surface area contributed by atoms with Gasteiger partial charge < -0.3 is 4.90 Å². The van der Waals surface area contributed by atoms with Crippen LogP contribution in [0.4, 0.5) is 11.4 Å². The van der Waals surface area contributed by atoms with Crippen molar-refractivity contribution >= 4 is 33.1 Å². The lowest BCUT2D eigenvalue weighted by Gasteiger charge is -2.15. The highest BCUT2D eigenvalue weighted by atomic mass is 32.2. The van der Waals surface area contributed by atoms with Crippen LogP contribution in [0.5, 0.6) is 0 Å². The molecule has 1 N–H and O–H groups in total. The minimum atomic E-state index is -3.80. The van der Waals surface area contributed by atoms with Crippen molar-refractivity contribution in [2.75, 3.05) is 16.2 Å². The molecule has 0 aliphatic carbocycles. The van der Waals surface area contributed by atoms with Crippen LogP contribution >= 0.6 is 0 Å². The van der Waals surface area contributed by atoms with E-state index in [9.17, 15) is 18.0 Å². The summed E-state index contributed by atoms with van der Waals surface area (Å²) >= 11 is 0. The molecule has 1 aliphatic heterocycles. The molecule has 3 rings (SSSR count). The van der Waals surface area contributed by atoms with Crippen LogP contribution in [0.15, 0.2) is 47.4 Å². The number of hydrogen-bond donors (Lipinski definition) is 1. The van der Waals surface area contributed by atoms with Crippen LogP contribution in [0.1, 0.15) is 29.8 Å². The Hall–Kier alpha value is -2.67. The quantitative estimate of drug-likeness (QED) is 0.852. The topological polar surface area (TPSA) is 83.6 Å². The molecule has 6 nitrogen and oxygen atoms in total. The van der Waals surface area contributed by atoms with Crippen LogP contribution in [0.2, 0.25) is 0 Å². The lowest BCUT2D eigenvalue weighted by atomic mass is 10.1. The first-order valence-corrected chi connectivity index (χ1v) is 9.31. The second-order valence-electron chi connectivity index (χ2n) is 5.95. The van der Waals surface area contributed by atoms with E-state index in [4.69, 9.17) is 0 Å². The van der Waals surface area contributed by atoms with Gasteiger partial charge in [-0.2, -0.15) is 0 Å². The van der Waals surface area contributed by atoms with Gasteiger partial charge in [0.2, 0.25) is 5.91 Å². The summed E-state index contributed by atoms with van der Waals surface area (Å²) in [6.07, 6.45) is 0.685. The molecule has 0 saturated heterocycles. The zero-order chi connectivity index (χ0) is 18.2. The van der Waals surface area contributed by atoms with Gasteiger partial charge in [0.25, 0.3) is 10.0 Å². The van der Waals surface area contributed by atoms with Gasteiger partial charge >= 0.3 is 0 Å². The number of rotatable bonds is 4. The van der Waals surface area contributed by atoms with Crippen LogP contribution in [0.3, 0.4) is 0 Å². The van der Waals surface area contributed by atoms with Gasteiger partial charge in [0.05, 0.1) is 4.90 Å². The van der Waals surface area contributed by atoms with Gasteiger partial charge in [0.1, 0.15) is 0 Å². The molecule has 0 unspecified atom stereocenters. The van der Waals surface area contributed by atoms with Crippen molar-refractivity contribution in [3.05, 3.63) is 53.6 Å². The van der Waals surface area contributed by atoms with E-state index in [0.29, 0.717) is 24.2 Å². The Labute approximate surface area is 146 Å². The summed E-state index contributed by atoms with van der Waals surface area (Å²) in [5, 5.41) is 0. The Morgan fingerprint density at radius 3 is 2.52 bits per heavy atom. The van der Waals surface area contributed by atoms with Gasteiger partial charge in [-0.25, -0.2) is 8.42 Å². The summed E-state index contributed by atoms with van der Waals surface area (Å²) in [7, 11) is -3.80. The van der Waals surface area contributed by atoms with Gasteiger partial charge in [-0.05, 0) is 49.2 Å². The minimum Gasteiger partial charge on any atom is -0.312 e. The molecule has 0 saturated carbocycles. The highest BCUT2D eigenvalue weighted by Gasteiger charge is 2.23. The fraction of sp³-hybridized carbons (Fsp3) is 0.222. The van der Waals surface area contributed by atoms with Crippen molar-refractivity contribution in [1.29, 1.82) is 0 Å². The number of hydrogen-bond acceptors (Lipinski definition) is 4. The zero-order valence-electron chi connectivity index (χ0n) is 13.9. The van der Waals surface area contributed by atoms with E-state index in [1.165, 1.54) is 26.0 Å². The van der Waals surface area contributed by atoms with E-state index >= 15 is 0 Å². The van der Waals surface area contributed by atoms with E-state index in [1.54, 1.807) is 35.2 Å². The predicted molar refractivity (Wildman–Crippen MR) is 95.4 cm³/mol. The molecule has 0 bridgehead atoms. The summed E-state index contributed by atoms with van der Waals surface area (Å²) in [6, 6.07) is 11.0. The number of nitrogens with one attached hydrogen (secondary N) is 1. The number of Topliss-reactive ketones (excluding diaryl/α,β-unsaturated/α-hetero) is 1. The smallest absolute Gasteiger partial charge is 0.261 e. The second kappa shape index (κ2) is 6.33. The largest absolute Gasteiger partial charge is 0.312 e. The average molecular weight is 358 g/mol. The molecule has 0 aromatic heterocycles. The molecule has 130 valence electrons. The third kappa shape index (κ3) is 3.41. The fourth-order valence-electron chi connectivity index (χ4n) is 2.89. The molecule has 2 aromatic rings. The number of fused-ring (bicyclic) bond motifs is 1. The Balaban J connectivity index is 1.88. The number of carbonyl (C=O) groups excluding carboxylic acids is 2. The Bertz CT molecular complexity index is 967. The number of nitrogens with zero attached hydrogens (tertiary/aromatic N) is 1. The highest BCUT2D eigenvalue weighted by molar-refractivity contribution is 7.92. The van der Waals surface area contributed by atoms with Gasteiger partial charge in [0, 0.05) is 30.4 Å². The molecule has 1 aliphatic rings. The average Bonchev–Trinajstić information content (AvgIpc) is 2.98. The van der Waals surface area contributed by atoms with E-state index in [2.05, 4.69) is 4.72 Å². The number of carbonyl (C=O) groups is 2.